The number of alkyl halides is 3. The van der Waals surface area contributed by atoms with Gasteiger partial charge in [-0.2, -0.15) is 13.2 Å². The Morgan fingerprint density at radius 1 is 1.20 bits per heavy atom. The molecule has 168 valence electrons. The Balaban J connectivity index is 1.50. The summed E-state index contributed by atoms with van der Waals surface area (Å²) in [7, 11) is 3.28. The highest BCUT2D eigenvalue weighted by Crippen LogP contribution is 2.32. The lowest BCUT2D eigenvalue weighted by Crippen LogP contribution is -2.44. The van der Waals surface area contributed by atoms with Crippen LogP contribution in [0.25, 0.3) is 0 Å². The van der Waals surface area contributed by atoms with Crippen LogP contribution in [0.5, 0.6) is 11.5 Å². The van der Waals surface area contributed by atoms with Gasteiger partial charge in [-0.25, -0.2) is 0 Å². The van der Waals surface area contributed by atoms with Gasteiger partial charge >= 0.3 is 6.18 Å². The zero-order chi connectivity index (χ0) is 21.6. The van der Waals surface area contributed by atoms with Crippen LogP contribution in [-0.4, -0.2) is 63.0 Å². The first kappa shape index (κ1) is 22.5. The number of ether oxygens (including phenoxy) is 2. The van der Waals surface area contributed by atoms with Crippen molar-refractivity contribution in [3.63, 3.8) is 0 Å². The van der Waals surface area contributed by atoms with Crippen molar-refractivity contribution >= 4 is 5.96 Å². The molecule has 0 radical (unpaired) electrons. The quantitative estimate of drug-likeness (QED) is 0.516. The van der Waals surface area contributed by atoms with Crippen molar-refractivity contribution in [3.05, 3.63) is 23.8 Å². The van der Waals surface area contributed by atoms with Crippen LogP contribution < -0.4 is 20.1 Å². The first-order valence-corrected chi connectivity index (χ1v) is 10.5. The van der Waals surface area contributed by atoms with Crippen molar-refractivity contribution in [3.8, 4) is 11.5 Å². The molecule has 0 amide bonds. The van der Waals surface area contributed by atoms with Crippen LogP contribution in [0.3, 0.4) is 0 Å². The molecule has 1 saturated heterocycles. The predicted octanol–water partition coefficient (Wildman–Crippen LogP) is 3.32. The average molecular weight is 428 g/mol. The first-order chi connectivity index (χ1) is 14.4. The lowest BCUT2D eigenvalue weighted by atomic mass is 10.2. The summed E-state index contributed by atoms with van der Waals surface area (Å²) in [6, 6.07) is 5.78. The monoisotopic (exact) mass is 428 g/mol. The summed E-state index contributed by atoms with van der Waals surface area (Å²) in [5.74, 6) is 2.02. The average Bonchev–Trinajstić information content (AvgIpc) is 3.36. The van der Waals surface area contributed by atoms with Gasteiger partial charge in [-0.3, -0.25) is 9.89 Å². The van der Waals surface area contributed by atoms with Gasteiger partial charge in [0.05, 0.1) is 19.8 Å². The van der Waals surface area contributed by atoms with Crippen LogP contribution in [0.4, 0.5) is 13.2 Å². The molecule has 1 heterocycles. The third-order valence-corrected chi connectivity index (χ3v) is 5.52. The van der Waals surface area contributed by atoms with E-state index in [0.29, 0.717) is 37.8 Å². The van der Waals surface area contributed by atoms with Gasteiger partial charge in [-0.1, -0.05) is 6.07 Å². The molecular formula is C21H31F3N4O2. The van der Waals surface area contributed by atoms with E-state index in [-0.39, 0.29) is 12.1 Å². The summed E-state index contributed by atoms with van der Waals surface area (Å²) in [4.78, 5) is 5.61. The third kappa shape index (κ3) is 6.68. The Labute approximate surface area is 175 Å². The molecule has 3 rings (SSSR count). The molecule has 0 bridgehead atoms. The number of nitrogens with zero attached hydrogens (tertiary/aromatic N) is 2. The number of rotatable bonds is 7. The van der Waals surface area contributed by atoms with E-state index in [2.05, 4.69) is 15.6 Å². The second-order valence-corrected chi connectivity index (χ2v) is 7.92. The normalized spacial score (nSPS) is 21.1. The van der Waals surface area contributed by atoms with Gasteiger partial charge in [-0.15, -0.1) is 0 Å². The Morgan fingerprint density at radius 2 is 1.97 bits per heavy atom. The highest BCUT2D eigenvalue weighted by atomic mass is 19.4. The number of nitrogens with one attached hydrogen (secondary N) is 2. The van der Waals surface area contributed by atoms with Crippen LogP contribution in [0.15, 0.2) is 23.2 Å². The molecule has 1 saturated carbocycles. The Bertz CT molecular complexity index is 721. The fourth-order valence-corrected chi connectivity index (χ4v) is 4.03. The van der Waals surface area contributed by atoms with Gasteiger partial charge < -0.3 is 20.1 Å². The predicted molar refractivity (Wildman–Crippen MR) is 110 cm³/mol. The molecule has 6 nitrogen and oxygen atoms in total. The Kier molecular flexibility index (Phi) is 7.69. The Morgan fingerprint density at radius 3 is 2.63 bits per heavy atom. The SMILES string of the molecule is CN=C(NCc1ccc(OC2CCCC2)c(OC)c1)NC1CCN(CC(F)(F)F)C1. The Hall–Kier alpha value is -2.16. The summed E-state index contributed by atoms with van der Waals surface area (Å²) in [5, 5.41) is 6.44. The second kappa shape index (κ2) is 10.2. The van der Waals surface area contributed by atoms with Crippen LogP contribution >= 0.6 is 0 Å². The van der Waals surface area contributed by atoms with E-state index in [9.17, 15) is 13.2 Å². The standard InChI is InChI=1S/C21H31F3N4O2/c1-25-20(27-16-9-10-28(13-16)14-21(22,23)24)26-12-15-7-8-18(19(11-15)29-2)30-17-5-3-4-6-17/h7-8,11,16-17H,3-6,9-10,12-14H2,1-2H3,(H2,25,26,27). The fraction of sp³-hybridized carbons (Fsp3) is 0.667. The lowest BCUT2D eigenvalue weighted by molar-refractivity contribution is -0.143. The number of hydrogen-bond donors (Lipinski definition) is 2. The zero-order valence-corrected chi connectivity index (χ0v) is 17.6. The van der Waals surface area contributed by atoms with Gasteiger partial charge in [0.25, 0.3) is 0 Å². The summed E-state index contributed by atoms with van der Waals surface area (Å²) < 4.78 is 49.2. The van der Waals surface area contributed by atoms with Crippen molar-refractivity contribution in [2.24, 2.45) is 4.99 Å². The summed E-state index contributed by atoms with van der Waals surface area (Å²) in [6.07, 6.45) is 1.31. The number of guanidine groups is 1. The summed E-state index contributed by atoms with van der Waals surface area (Å²) in [5.41, 5.74) is 0.999. The van der Waals surface area contributed by atoms with Gasteiger partial charge in [0.1, 0.15) is 0 Å². The van der Waals surface area contributed by atoms with E-state index < -0.39 is 12.7 Å². The molecular weight excluding hydrogens is 397 g/mol. The second-order valence-electron chi connectivity index (χ2n) is 7.92. The number of halogens is 3. The van der Waals surface area contributed by atoms with Gasteiger partial charge in [0.15, 0.2) is 17.5 Å². The molecule has 1 aromatic carbocycles. The minimum absolute atomic E-state index is 0.0599. The molecule has 30 heavy (non-hydrogen) atoms. The molecule has 1 atom stereocenters. The maximum absolute atomic E-state index is 12.6. The van der Waals surface area contributed by atoms with Crippen molar-refractivity contribution < 1.29 is 22.6 Å². The number of likely N-dealkylation sites (tertiary alicyclic amines) is 1. The van der Waals surface area contributed by atoms with E-state index in [0.717, 1.165) is 24.2 Å². The fourth-order valence-electron chi connectivity index (χ4n) is 4.03. The molecule has 1 aliphatic carbocycles. The van der Waals surface area contributed by atoms with Crippen molar-refractivity contribution in [2.75, 3.05) is 33.8 Å². The summed E-state index contributed by atoms with van der Waals surface area (Å²) in [6.45, 7) is 0.417. The van der Waals surface area contributed by atoms with Crippen LogP contribution in [0, 0.1) is 0 Å². The van der Waals surface area contributed by atoms with Crippen LogP contribution in [-0.2, 0) is 6.54 Å². The van der Waals surface area contributed by atoms with E-state index in [1.165, 1.54) is 17.7 Å². The number of benzene rings is 1. The number of methoxy groups -OCH3 is 1. The summed E-state index contributed by atoms with van der Waals surface area (Å²) >= 11 is 0. The van der Waals surface area contributed by atoms with Crippen LogP contribution in [0.2, 0.25) is 0 Å². The molecule has 2 N–H and O–H groups in total. The van der Waals surface area contributed by atoms with Gasteiger partial charge in [-0.05, 0) is 49.8 Å². The molecule has 9 heteroatoms. The third-order valence-electron chi connectivity index (χ3n) is 5.52. The van der Waals surface area contributed by atoms with Gasteiger partial charge in [0.2, 0.25) is 0 Å². The van der Waals surface area contributed by atoms with E-state index in [1.54, 1.807) is 14.2 Å². The molecule has 1 aromatic rings. The molecule has 1 unspecified atom stereocenters. The van der Waals surface area contributed by atoms with Crippen molar-refractivity contribution in [1.29, 1.82) is 0 Å². The zero-order valence-electron chi connectivity index (χ0n) is 17.6. The van der Waals surface area contributed by atoms with Gasteiger partial charge in [0, 0.05) is 32.7 Å². The van der Waals surface area contributed by atoms with E-state index in [4.69, 9.17) is 9.47 Å². The highest BCUT2D eigenvalue weighted by molar-refractivity contribution is 5.80. The topological polar surface area (TPSA) is 58.1 Å². The van der Waals surface area contributed by atoms with Crippen LogP contribution in [0.1, 0.15) is 37.7 Å². The van der Waals surface area contributed by atoms with E-state index >= 15 is 0 Å². The largest absolute Gasteiger partial charge is 0.493 e. The number of hydrogen-bond acceptors (Lipinski definition) is 4. The number of aliphatic imine (C=N–C) groups is 1. The molecule has 0 aromatic heterocycles. The minimum Gasteiger partial charge on any atom is -0.493 e. The maximum atomic E-state index is 12.6. The first-order valence-electron chi connectivity index (χ1n) is 10.5. The minimum atomic E-state index is -4.17. The van der Waals surface area contributed by atoms with Crippen molar-refractivity contribution in [1.82, 2.24) is 15.5 Å². The highest BCUT2D eigenvalue weighted by Gasteiger charge is 2.34. The molecule has 2 aliphatic rings. The lowest BCUT2D eigenvalue weighted by Gasteiger charge is -2.20. The maximum Gasteiger partial charge on any atom is 0.401 e. The van der Waals surface area contributed by atoms with Crippen molar-refractivity contribution in [2.45, 2.75) is 57.0 Å². The smallest absolute Gasteiger partial charge is 0.401 e. The van der Waals surface area contributed by atoms with E-state index in [1.807, 2.05) is 18.2 Å². The molecule has 2 fully saturated rings. The molecule has 1 aliphatic heterocycles. The molecule has 0 spiro atoms.